The number of Topliss-reactive ketones (excluding diaryl/α,β-unsaturated/α-hetero) is 1. The molecule has 150 valence electrons. The second-order valence-electron chi connectivity index (χ2n) is 7.09. The number of ketones is 1. The maximum Gasteiger partial charge on any atom is 0.300 e. The number of fused-ring (bicyclic) bond motifs is 1. The molecule has 1 fully saturated rings. The van der Waals surface area contributed by atoms with E-state index in [0.29, 0.717) is 17.9 Å². The van der Waals surface area contributed by atoms with Crippen LogP contribution in [0.1, 0.15) is 22.0 Å². The van der Waals surface area contributed by atoms with Crippen molar-refractivity contribution in [2.75, 3.05) is 11.5 Å². The van der Waals surface area contributed by atoms with Gasteiger partial charge in [0.15, 0.2) is 0 Å². The number of rotatable bonds is 3. The van der Waals surface area contributed by atoms with Crippen molar-refractivity contribution in [3.63, 3.8) is 0 Å². The van der Waals surface area contributed by atoms with Crippen LogP contribution >= 0.6 is 27.3 Å². The quantitative estimate of drug-likeness (QED) is 0.322. The minimum atomic E-state index is -0.692. The van der Waals surface area contributed by atoms with E-state index in [1.54, 1.807) is 24.3 Å². The minimum Gasteiger partial charge on any atom is -0.507 e. The van der Waals surface area contributed by atoms with Crippen LogP contribution < -0.4 is 9.64 Å². The average Bonchev–Trinajstić information content (AvgIpc) is 3.47. The Hall–Kier alpha value is -2.90. The van der Waals surface area contributed by atoms with E-state index < -0.39 is 17.7 Å². The minimum absolute atomic E-state index is 0.0984. The van der Waals surface area contributed by atoms with Crippen LogP contribution in [-0.2, 0) is 16.0 Å². The van der Waals surface area contributed by atoms with E-state index in [9.17, 15) is 14.7 Å². The fraction of sp³-hybridized carbons (Fsp3) is 0.130. The molecule has 1 saturated heterocycles. The third-order valence-electron chi connectivity index (χ3n) is 5.31. The van der Waals surface area contributed by atoms with Gasteiger partial charge in [0.2, 0.25) is 0 Å². The summed E-state index contributed by atoms with van der Waals surface area (Å²) in [5.74, 6) is -0.727. The zero-order chi connectivity index (χ0) is 20.8. The van der Waals surface area contributed by atoms with Gasteiger partial charge in [0.25, 0.3) is 11.7 Å². The molecule has 0 aliphatic carbocycles. The number of halogens is 1. The molecule has 3 heterocycles. The number of hydrogen-bond donors (Lipinski definition) is 1. The zero-order valence-corrected chi connectivity index (χ0v) is 18.1. The molecule has 2 aliphatic rings. The Morgan fingerprint density at radius 1 is 1.13 bits per heavy atom. The lowest BCUT2D eigenvalue weighted by molar-refractivity contribution is -0.132. The molecule has 2 aliphatic heterocycles. The molecule has 1 N–H and O–H groups in total. The number of hydrogen-bond acceptors (Lipinski definition) is 5. The molecule has 1 amide bonds. The molecule has 7 heteroatoms. The lowest BCUT2D eigenvalue weighted by atomic mass is 9.98. The molecule has 2 aromatic carbocycles. The highest BCUT2D eigenvalue weighted by molar-refractivity contribution is 9.10. The number of aliphatic hydroxyl groups is 1. The molecule has 0 radical (unpaired) electrons. The first kappa shape index (κ1) is 19.1. The van der Waals surface area contributed by atoms with Gasteiger partial charge in [-0.1, -0.05) is 28.1 Å². The Labute approximate surface area is 185 Å². The van der Waals surface area contributed by atoms with Gasteiger partial charge in [-0.3, -0.25) is 14.5 Å². The second-order valence-corrected chi connectivity index (χ2v) is 8.98. The highest BCUT2D eigenvalue weighted by Gasteiger charge is 2.47. The Morgan fingerprint density at radius 2 is 2.00 bits per heavy atom. The van der Waals surface area contributed by atoms with Gasteiger partial charge >= 0.3 is 0 Å². The second kappa shape index (κ2) is 7.41. The van der Waals surface area contributed by atoms with Crippen LogP contribution in [0.3, 0.4) is 0 Å². The molecule has 30 heavy (non-hydrogen) atoms. The maximum atomic E-state index is 13.1. The Balaban J connectivity index is 1.69. The fourth-order valence-corrected chi connectivity index (χ4v) is 5.14. The van der Waals surface area contributed by atoms with Gasteiger partial charge < -0.3 is 9.84 Å². The van der Waals surface area contributed by atoms with Crippen molar-refractivity contribution < 1.29 is 19.4 Å². The molecule has 5 rings (SSSR count). The van der Waals surface area contributed by atoms with Crippen LogP contribution in [0, 0.1) is 0 Å². The SMILES string of the molecule is O=C1C(=O)N(c2cccc(Br)c2)C(c2cccs2)/C1=C(/O)c1ccc2c(c1)CCO2. The normalized spacial score (nSPS) is 19.8. The van der Waals surface area contributed by atoms with Crippen molar-refractivity contribution in [1.82, 2.24) is 0 Å². The van der Waals surface area contributed by atoms with Gasteiger partial charge in [-0.15, -0.1) is 11.3 Å². The highest BCUT2D eigenvalue weighted by atomic mass is 79.9. The summed E-state index contributed by atoms with van der Waals surface area (Å²) in [6, 6.07) is 15.6. The summed E-state index contributed by atoms with van der Waals surface area (Å²) < 4.78 is 6.33. The number of carbonyl (C=O) groups is 2. The summed E-state index contributed by atoms with van der Waals surface area (Å²) >= 11 is 4.87. The predicted molar refractivity (Wildman–Crippen MR) is 119 cm³/mol. The first-order valence-corrected chi connectivity index (χ1v) is 11.1. The number of nitrogens with zero attached hydrogens (tertiary/aromatic N) is 1. The van der Waals surface area contributed by atoms with Crippen LogP contribution in [0.5, 0.6) is 5.75 Å². The van der Waals surface area contributed by atoms with Crippen molar-refractivity contribution in [1.29, 1.82) is 0 Å². The molecule has 1 unspecified atom stereocenters. The Bertz CT molecular complexity index is 1200. The number of thiophene rings is 1. The maximum absolute atomic E-state index is 13.1. The van der Waals surface area contributed by atoms with Gasteiger partial charge in [-0.05, 0) is 53.4 Å². The number of ether oxygens (including phenoxy) is 1. The molecular weight excluding hydrogens is 466 g/mol. The van der Waals surface area contributed by atoms with Gasteiger partial charge in [0.1, 0.15) is 17.6 Å². The monoisotopic (exact) mass is 481 g/mol. The molecule has 0 bridgehead atoms. The van der Waals surface area contributed by atoms with Crippen LogP contribution in [0.2, 0.25) is 0 Å². The highest BCUT2D eigenvalue weighted by Crippen LogP contribution is 2.44. The van der Waals surface area contributed by atoms with Crippen molar-refractivity contribution >= 4 is 50.4 Å². The Morgan fingerprint density at radius 3 is 2.77 bits per heavy atom. The number of aliphatic hydroxyl groups excluding tert-OH is 1. The van der Waals surface area contributed by atoms with E-state index in [-0.39, 0.29) is 11.3 Å². The van der Waals surface area contributed by atoms with E-state index in [1.165, 1.54) is 16.2 Å². The van der Waals surface area contributed by atoms with Gasteiger partial charge in [0, 0.05) is 27.0 Å². The van der Waals surface area contributed by atoms with Crippen LogP contribution in [-0.4, -0.2) is 23.4 Å². The van der Waals surface area contributed by atoms with Gasteiger partial charge in [-0.25, -0.2) is 0 Å². The smallest absolute Gasteiger partial charge is 0.300 e. The summed E-state index contributed by atoms with van der Waals surface area (Å²) in [5.41, 5.74) is 2.17. The predicted octanol–water partition coefficient (Wildman–Crippen LogP) is 5.07. The molecular formula is C23H16BrNO4S. The summed E-state index contributed by atoms with van der Waals surface area (Å²) in [4.78, 5) is 28.4. The van der Waals surface area contributed by atoms with E-state index in [2.05, 4.69) is 15.9 Å². The van der Waals surface area contributed by atoms with Crippen LogP contribution in [0.4, 0.5) is 5.69 Å². The van der Waals surface area contributed by atoms with Crippen molar-refractivity contribution in [2.45, 2.75) is 12.5 Å². The standard InChI is InChI=1S/C23H16BrNO4S/c24-15-3-1-4-16(12-15)25-20(18-5-2-10-30-18)19(22(27)23(25)28)21(26)14-6-7-17-13(11-14)8-9-29-17/h1-7,10-12,20,26H,8-9H2/b21-19-. The van der Waals surface area contributed by atoms with E-state index >= 15 is 0 Å². The summed E-state index contributed by atoms with van der Waals surface area (Å²) in [7, 11) is 0. The molecule has 3 aromatic rings. The number of anilines is 1. The largest absolute Gasteiger partial charge is 0.507 e. The number of benzene rings is 2. The van der Waals surface area contributed by atoms with Gasteiger partial charge in [-0.2, -0.15) is 0 Å². The van der Waals surface area contributed by atoms with Crippen molar-refractivity contribution in [3.05, 3.63) is 86.0 Å². The van der Waals surface area contributed by atoms with Crippen molar-refractivity contribution in [2.24, 2.45) is 0 Å². The molecule has 1 atom stereocenters. The molecule has 0 saturated carbocycles. The van der Waals surface area contributed by atoms with E-state index in [1.807, 2.05) is 35.7 Å². The zero-order valence-electron chi connectivity index (χ0n) is 15.7. The average molecular weight is 482 g/mol. The number of carbonyl (C=O) groups excluding carboxylic acids is 2. The molecule has 0 spiro atoms. The lowest BCUT2D eigenvalue weighted by Crippen LogP contribution is -2.29. The van der Waals surface area contributed by atoms with Crippen LogP contribution in [0.25, 0.3) is 5.76 Å². The Kier molecular flexibility index (Phi) is 4.72. The van der Waals surface area contributed by atoms with Crippen LogP contribution in [0.15, 0.2) is 70.0 Å². The third kappa shape index (κ3) is 3.05. The summed E-state index contributed by atoms with van der Waals surface area (Å²) in [6.45, 7) is 0.599. The molecule has 5 nitrogen and oxygen atoms in total. The first-order chi connectivity index (χ1) is 14.5. The lowest BCUT2D eigenvalue weighted by Gasteiger charge is -2.24. The number of amides is 1. The van der Waals surface area contributed by atoms with E-state index in [4.69, 9.17) is 4.74 Å². The first-order valence-electron chi connectivity index (χ1n) is 9.40. The summed E-state index contributed by atoms with van der Waals surface area (Å²) in [5, 5.41) is 13.1. The fourth-order valence-electron chi connectivity index (χ4n) is 3.93. The van der Waals surface area contributed by atoms with E-state index in [0.717, 1.165) is 27.1 Å². The van der Waals surface area contributed by atoms with Gasteiger partial charge in [0.05, 0.1) is 12.2 Å². The van der Waals surface area contributed by atoms with Crippen molar-refractivity contribution in [3.8, 4) is 5.75 Å². The topological polar surface area (TPSA) is 66.8 Å². The summed E-state index contributed by atoms with van der Waals surface area (Å²) in [6.07, 6.45) is 0.747. The third-order valence-corrected chi connectivity index (χ3v) is 6.72. The molecule has 1 aromatic heterocycles.